The lowest BCUT2D eigenvalue weighted by Gasteiger charge is -2.21. The lowest BCUT2D eigenvalue weighted by molar-refractivity contribution is 0.271. The van der Waals surface area contributed by atoms with Crippen LogP contribution in [0.1, 0.15) is 11.5 Å². The molecule has 0 aromatic carbocycles. The zero-order chi connectivity index (χ0) is 15.8. The van der Waals surface area contributed by atoms with E-state index in [1.807, 2.05) is 13.1 Å². The summed E-state index contributed by atoms with van der Waals surface area (Å²) in [5.74, 6) is 0.338. The van der Waals surface area contributed by atoms with E-state index in [0.717, 1.165) is 11.1 Å². The van der Waals surface area contributed by atoms with Crippen molar-refractivity contribution in [1.29, 1.82) is 0 Å². The molecule has 0 aliphatic rings. The van der Waals surface area contributed by atoms with Gasteiger partial charge in [-0.2, -0.15) is 17.0 Å². The molecule has 0 saturated heterocycles. The van der Waals surface area contributed by atoms with Crippen LogP contribution in [0.2, 0.25) is 0 Å². The third-order valence-corrected chi connectivity index (χ3v) is 5.14. The van der Waals surface area contributed by atoms with Crippen LogP contribution in [0.15, 0.2) is 12.3 Å². The van der Waals surface area contributed by atoms with Gasteiger partial charge in [-0.3, -0.25) is 0 Å². The molecule has 1 N–H and O–H groups in total. The van der Waals surface area contributed by atoms with Crippen molar-refractivity contribution in [3.63, 3.8) is 0 Å². The summed E-state index contributed by atoms with van der Waals surface area (Å²) in [6, 6.07) is 1.85. The Morgan fingerprint density at radius 3 is 2.57 bits per heavy atom. The molecule has 2 aromatic rings. The van der Waals surface area contributed by atoms with E-state index in [-0.39, 0.29) is 13.2 Å². The molecule has 116 valence electrons. The SMILES string of the molecule is CN(C)S(=O)(=O)N(C)Cc1cc2cnc(CO)nc2n1C. The van der Waals surface area contributed by atoms with Gasteiger partial charge in [-0.05, 0) is 6.07 Å². The molecule has 9 heteroatoms. The van der Waals surface area contributed by atoms with Gasteiger partial charge in [0.2, 0.25) is 0 Å². The second kappa shape index (κ2) is 5.68. The van der Waals surface area contributed by atoms with E-state index in [4.69, 9.17) is 5.11 Å². The number of aryl methyl sites for hydroxylation is 1. The molecule has 0 bridgehead atoms. The summed E-state index contributed by atoms with van der Waals surface area (Å²) in [6.45, 7) is -0.00675. The molecule has 0 saturated carbocycles. The molecule has 8 nitrogen and oxygen atoms in total. The Morgan fingerprint density at radius 2 is 2.00 bits per heavy atom. The van der Waals surface area contributed by atoms with E-state index in [9.17, 15) is 8.42 Å². The number of fused-ring (bicyclic) bond motifs is 1. The quantitative estimate of drug-likeness (QED) is 0.818. The van der Waals surface area contributed by atoms with Gasteiger partial charge >= 0.3 is 0 Å². The molecule has 0 radical (unpaired) electrons. The Bertz CT molecular complexity index is 754. The molecule has 0 atom stereocenters. The summed E-state index contributed by atoms with van der Waals surface area (Å²) in [5, 5.41) is 9.89. The van der Waals surface area contributed by atoms with E-state index in [2.05, 4.69) is 9.97 Å². The van der Waals surface area contributed by atoms with Gasteiger partial charge in [0.15, 0.2) is 5.82 Å². The standard InChI is InChI=1S/C12H19N5O3S/c1-15(2)21(19,20)16(3)7-10-5-9-6-13-11(8-18)14-12(9)17(10)4/h5-6,18H,7-8H2,1-4H3. The van der Waals surface area contributed by atoms with E-state index >= 15 is 0 Å². The molecule has 2 heterocycles. The fraction of sp³-hybridized carbons (Fsp3) is 0.500. The first-order chi connectivity index (χ1) is 9.77. The van der Waals surface area contributed by atoms with Crippen molar-refractivity contribution in [2.24, 2.45) is 7.05 Å². The predicted octanol–water partition coefficient (Wildman–Crippen LogP) is -0.301. The number of hydrogen-bond acceptors (Lipinski definition) is 5. The van der Waals surface area contributed by atoms with Crippen LogP contribution in [0.5, 0.6) is 0 Å². The van der Waals surface area contributed by atoms with Gasteiger partial charge < -0.3 is 9.67 Å². The van der Waals surface area contributed by atoms with Gasteiger partial charge in [0.25, 0.3) is 10.2 Å². The van der Waals surface area contributed by atoms with Crippen molar-refractivity contribution in [3.8, 4) is 0 Å². The third-order valence-electron chi connectivity index (χ3n) is 3.30. The Morgan fingerprint density at radius 1 is 1.33 bits per heavy atom. The van der Waals surface area contributed by atoms with Crippen molar-refractivity contribution in [2.75, 3.05) is 21.1 Å². The maximum Gasteiger partial charge on any atom is 0.281 e. The minimum absolute atomic E-state index is 0.224. The van der Waals surface area contributed by atoms with Crippen LogP contribution in [0, 0.1) is 0 Å². The molecule has 21 heavy (non-hydrogen) atoms. The molecule has 2 rings (SSSR count). The van der Waals surface area contributed by atoms with Crippen molar-refractivity contribution in [1.82, 2.24) is 23.1 Å². The fourth-order valence-corrected chi connectivity index (χ4v) is 2.87. The maximum absolute atomic E-state index is 12.0. The Balaban J connectivity index is 2.38. The zero-order valence-electron chi connectivity index (χ0n) is 12.5. The molecular weight excluding hydrogens is 294 g/mol. The first-order valence-corrected chi connectivity index (χ1v) is 7.72. The number of aliphatic hydroxyl groups excluding tert-OH is 1. The third kappa shape index (κ3) is 2.91. The minimum atomic E-state index is -3.46. The van der Waals surface area contributed by atoms with Crippen molar-refractivity contribution in [3.05, 3.63) is 23.8 Å². The van der Waals surface area contributed by atoms with Crippen LogP contribution in [0.25, 0.3) is 11.0 Å². The first-order valence-electron chi connectivity index (χ1n) is 6.32. The van der Waals surface area contributed by atoms with Crippen LogP contribution >= 0.6 is 0 Å². The van der Waals surface area contributed by atoms with Crippen LogP contribution < -0.4 is 0 Å². The summed E-state index contributed by atoms with van der Waals surface area (Å²) in [4.78, 5) is 8.26. The molecule has 0 aliphatic carbocycles. The molecule has 0 fully saturated rings. The highest BCUT2D eigenvalue weighted by molar-refractivity contribution is 7.86. The second-order valence-electron chi connectivity index (χ2n) is 4.96. The minimum Gasteiger partial charge on any atom is -0.388 e. The number of rotatable bonds is 5. The molecular formula is C12H19N5O3S. The van der Waals surface area contributed by atoms with Gasteiger partial charge in [0.05, 0.1) is 6.54 Å². The predicted molar refractivity (Wildman–Crippen MR) is 78.5 cm³/mol. The van der Waals surface area contributed by atoms with Crippen molar-refractivity contribution < 1.29 is 13.5 Å². The number of nitrogens with zero attached hydrogens (tertiary/aromatic N) is 5. The van der Waals surface area contributed by atoms with Crippen LogP contribution in [-0.2, 0) is 30.4 Å². The highest BCUT2D eigenvalue weighted by Gasteiger charge is 2.22. The lowest BCUT2D eigenvalue weighted by atomic mass is 10.3. The monoisotopic (exact) mass is 313 g/mol. The average Bonchev–Trinajstić information content (AvgIpc) is 2.74. The smallest absolute Gasteiger partial charge is 0.281 e. The van der Waals surface area contributed by atoms with Gasteiger partial charge in [0, 0.05) is 45.5 Å². The Kier molecular flexibility index (Phi) is 4.28. The maximum atomic E-state index is 12.0. The molecule has 0 aliphatic heterocycles. The largest absolute Gasteiger partial charge is 0.388 e. The molecule has 0 unspecified atom stereocenters. The van der Waals surface area contributed by atoms with Gasteiger partial charge in [-0.25, -0.2) is 9.97 Å². The highest BCUT2D eigenvalue weighted by Crippen LogP contribution is 2.18. The summed E-state index contributed by atoms with van der Waals surface area (Å²) in [6.07, 6.45) is 1.62. The number of hydrogen-bond donors (Lipinski definition) is 1. The van der Waals surface area contributed by atoms with E-state index in [1.54, 1.807) is 10.8 Å². The normalized spacial score (nSPS) is 12.7. The van der Waals surface area contributed by atoms with E-state index in [1.165, 1.54) is 29.8 Å². The number of aliphatic hydroxyl groups is 1. The Labute approximate surface area is 123 Å². The second-order valence-corrected chi connectivity index (χ2v) is 7.21. The first kappa shape index (κ1) is 15.8. The summed E-state index contributed by atoms with van der Waals surface area (Å²) < 4.78 is 28.3. The number of aromatic nitrogens is 3. The lowest BCUT2D eigenvalue weighted by Crippen LogP contribution is -2.37. The topological polar surface area (TPSA) is 91.6 Å². The fourth-order valence-electron chi connectivity index (χ4n) is 2.02. The van der Waals surface area contributed by atoms with Gasteiger partial charge in [-0.1, -0.05) is 0 Å². The molecule has 0 spiro atoms. The molecule has 0 amide bonds. The van der Waals surface area contributed by atoms with Crippen LogP contribution in [0.3, 0.4) is 0 Å². The van der Waals surface area contributed by atoms with Crippen molar-refractivity contribution in [2.45, 2.75) is 13.2 Å². The van der Waals surface area contributed by atoms with E-state index < -0.39 is 10.2 Å². The highest BCUT2D eigenvalue weighted by atomic mass is 32.2. The Hall–Kier alpha value is -1.55. The average molecular weight is 313 g/mol. The van der Waals surface area contributed by atoms with Crippen molar-refractivity contribution >= 4 is 21.2 Å². The summed E-state index contributed by atoms with van der Waals surface area (Å²) in [7, 11) is 2.85. The van der Waals surface area contributed by atoms with Gasteiger partial charge in [0.1, 0.15) is 12.3 Å². The van der Waals surface area contributed by atoms with Crippen LogP contribution in [0.4, 0.5) is 0 Å². The van der Waals surface area contributed by atoms with E-state index in [0.29, 0.717) is 11.5 Å². The van der Waals surface area contributed by atoms with Gasteiger partial charge in [-0.15, -0.1) is 0 Å². The summed E-state index contributed by atoms with van der Waals surface area (Å²) >= 11 is 0. The summed E-state index contributed by atoms with van der Waals surface area (Å²) in [5.41, 5.74) is 1.46. The zero-order valence-corrected chi connectivity index (χ0v) is 13.3. The van der Waals surface area contributed by atoms with Crippen LogP contribution in [-0.4, -0.2) is 57.8 Å². The molecule has 2 aromatic heterocycles.